The average Bonchev–Trinajstić information content (AvgIpc) is 1.94. The first-order chi connectivity index (χ1) is 6.84. The van der Waals surface area contributed by atoms with Crippen LogP contribution in [-0.4, -0.2) is 36.5 Å². The number of rotatable bonds is 2. The molecule has 0 bridgehead atoms. The fourth-order valence-electron chi connectivity index (χ4n) is 0.355. The van der Waals surface area contributed by atoms with Crippen molar-refractivity contribution >= 4 is 16.4 Å². The van der Waals surface area contributed by atoms with Gasteiger partial charge in [-0.15, -0.1) is 0 Å². The van der Waals surface area contributed by atoms with Crippen LogP contribution in [0.15, 0.2) is 0 Å². The van der Waals surface area contributed by atoms with Gasteiger partial charge in [0.15, 0.2) is 6.61 Å². The molecule has 0 saturated heterocycles. The van der Waals surface area contributed by atoms with E-state index in [0.29, 0.717) is 0 Å². The summed E-state index contributed by atoms with van der Waals surface area (Å²) in [6, 6.07) is 0. The lowest BCUT2D eigenvalue weighted by molar-refractivity contribution is -0.156. The van der Waals surface area contributed by atoms with Crippen molar-refractivity contribution < 1.29 is 35.8 Å². The second kappa shape index (κ2) is 6.71. The summed E-state index contributed by atoms with van der Waals surface area (Å²) < 4.78 is 58.9. The van der Waals surface area contributed by atoms with Gasteiger partial charge in [-0.25, -0.2) is 8.78 Å². The lowest BCUT2D eigenvalue weighted by Gasteiger charge is -2.15. The molecule has 0 aliphatic heterocycles. The van der Waals surface area contributed by atoms with E-state index >= 15 is 0 Å². The van der Waals surface area contributed by atoms with E-state index in [1.165, 1.54) is 0 Å². The van der Waals surface area contributed by atoms with Crippen LogP contribution in [0.2, 0.25) is 0 Å². The molecule has 0 aliphatic rings. The zero-order valence-corrected chi connectivity index (χ0v) is 9.79. The minimum Gasteiger partial charge on any atom is -0.459 e. The van der Waals surface area contributed by atoms with Crippen molar-refractivity contribution in [2.45, 2.75) is 27.2 Å². The number of carbonyl (C=O) groups excluding carboxylic acids is 1. The molecule has 0 saturated carbocycles. The Bertz CT molecular complexity index is 297. The third-order valence-corrected chi connectivity index (χ3v) is 0.953. The minimum absolute atomic E-state index is 0.599. The molecule has 2 N–H and O–H groups in total. The van der Waals surface area contributed by atoms with E-state index in [-0.39, 0.29) is 0 Å². The number of hydrogen-bond donors (Lipinski definition) is 2. The molecule has 9 heteroatoms. The minimum atomic E-state index is -4.67. The zero-order chi connectivity index (χ0) is 13.6. The van der Waals surface area contributed by atoms with Crippen molar-refractivity contribution in [2.75, 3.05) is 6.61 Å². The molecule has 0 aromatic carbocycles. The molecule has 0 unspecified atom stereocenters. The fourth-order valence-corrected chi connectivity index (χ4v) is 0.355. The molecule has 98 valence electrons. The van der Waals surface area contributed by atoms with Crippen LogP contribution in [0, 0.1) is 5.41 Å². The largest absolute Gasteiger partial charge is 0.459 e. The summed E-state index contributed by atoms with van der Waals surface area (Å²) in [6.07, 6.45) is -2.58. The Morgan fingerprint density at radius 2 is 1.62 bits per heavy atom. The van der Waals surface area contributed by atoms with Gasteiger partial charge in [0.25, 0.3) is 6.43 Å². The molecule has 0 heterocycles. The van der Waals surface area contributed by atoms with Crippen LogP contribution in [0.5, 0.6) is 0 Å². The zero-order valence-electron chi connectivity index (χ0n) is 8.98. The molecule has 0 radical (unpaired) electrons. The van der Waals surface area contributed by atoms with E-state index in [2.05, 4.69) is 4.74 Å². The third-order valence-electron chi connectivity index (χ3n) is 0.953. The normalized spacial score (nSPS) is 11.8. The number of esters is 1. The topological polar surface area (TPSA) is 101 Å². The molecule has 16 heavy (non-hydrogen) atoms. The van der Waals surface area contributed by atoms with E-state index in [1.54, 1.807) is 20.8 Å². The molecule has 0 fully saturated rings. The van der Waals surface area contributed by atoms with E-state index in [4.69, 9.17) is 17.5 Å². The summed E-state index contributed by atoms with van der Waals surface area (Å²) in [5, 5.41) is 0. The van der Waals surface area contributed by atoms with Crippen LogP contribution in [0.4, 0.5) is 8.78 Å². The highest BCUT2D eigenvalue weighted by atomic mass is 32.3. The molecule has 0 aliphatic carbocycles. The Labute approximate surface area is 92.2 Å². The maximum Gasteiger partial charge on any atom is 0.394 e. The van der Waals surface area contributed by atoms with Crippen LogP contribution < -0.4 is 0 Å². The van der Waals surface area contributed by atoms with E-state index in [1.807, 2.05) is 0 Å². The highest BCUT2D eigenvalue weighted by Crippen LogP contribution is 2.15. The lowest BCUT2D eigenvalue weighted by Crippen LogP contribution is -2.24. The Morgan fingerprint density at radius 1 is 1.31 bits per heavy atom. The summed E-state index contributed by atoms with van der Waals surface area (Å²) in [7, 11) is -4.67. The lowest BCUT2D eigenvalue weighted by atomic mass is 9.97. The standard InChI is InChI=1S/C7H12F2O2.H2O4S/c1-7(2,3)6(10)11-4-5(8)9;1-5(2,3)4/h5H,4H2,1-3H3;(H2,1,2,3,4). The first kappa shape index (κ1) is 17.6. The van der Waals surface area contributed by atoms with E-state index in [0.717, 1.165) is 0 Å². The summed E-state index contributed by atoms with van der Waals surface area (Å²) >= 11 is 0. The number of halogens is 2. The molecular formula is C7H14F2O6S. The summed E-state index contributed by atoms with van der Waals surface area (Å²) in [5.41, 5.74) is -0.700. The van der Waals surface area contributed by atoms with Crippen molar-refractivity contribution in [3.05, 3.63) is 0 Å². The van der Waals surface area contributed by atoms with Crippen molar-refractivity contribution in [1.82, 2.24) is 0 Å². The highest BCUT2D eigenvalue weighted by molar-refractivity contribution is 7.79. The van der Waals surface area contributed by atoms with Crippen LogP contribution >= 0.6 is 0 Å². The fraction of sp³-hybridized carbons (Fsp3) is 0.857. The second-order valence-corrected chi connectivity index (χ2v) is 4.58. The number of carbonyl (C=O) groups is 1. The molecule has 0 aromatic heterocycles. The predicted molar refractivity (Wildman–Crippen MR) is 50.6 cm³/mol. The van der Waals surface area contributed by atoms with Gasteiger partial charge in [-0.05, 0) is 20.8 Å². The Kier molecular flexibility index (Phi) is 7.38. The SMILES string of the molecule is CC(C)(C)C(=O)OCC(F)F.O=S(=O)(O)O. The van der Waals surface area contributed by atoms with Gasteiger partial charge in [-0.3, -0.25) is 13.9 Å². The number of alkyl halides is 2. The average molecular weight is 264 g/mol. The predicted octanol–water partition coefficient (Wildman–Crippen LogP) is 1.19. The van der Waals surface area contributed by atoms with Gasteiger partial charge in [0.05, 0.1) is 5.41 Å². The monoisotopic (exact) mass is 264 g/mol. The quantitative estimate of drug-likeness (QED) is 0.574. The Hall–Kier alpha value is -0.800. The maximum atomic E-state index is 11.5. The molecule has 0 atom stereocenters. The molecular weight excluding hydrogens is 250 g/mol. The van der Waals surface area contributed by atoms with Gasteiger partial charge in [0, 0.05) is 0 Å². The van der Waals surface area contributed by atoms with Crippen LogP contribution in [-0.2, 0) is 19.9 Å². The van der Waals surface area contributed by atoms with Gasteiger partial charge < -0.3 is 4.74 Å². The first-order valence-corrected chi connectivity index (χ1v) is 5.39. The van der Waals surface area contributed by atoms with Gasteiger partial charge in [0.1, 0.15) is 0 Å². The van der Waals surface area contributed by atoms with Crippen molar-refractivity contribution in [3.8, 4) is 0 Å². The summed E-state index contributed by atoms with van der Waals surface area (Å²) in [5.74, 6) is -0.599. The molecule has 0 spiro atoms. The third kappa shape index (κ3) is 18.9. The van der Waals surface area contributed by atoms with Crippen molar-refractivity contribution in [3.63, 3.8) is 0 Å². The first-order valence-electron chi connectivity index (χ1n) is 3.99. The van der Waals surface area contributed by atoms with Gasteiger partial charge >= 0.3 is 16.4 Å². The Morgan fingerprint density at radius 3 is 1.81 bits per heavy atom. The van der Waals surface area contributed by atoms with E-state index in [9.17, 15) is 13.6 Å². The van der Waals surface area contributed by atoms with Gasteiger partial charge in [0.2, 0.25) is 0 Å². The van der Waals surface area contributed by atoms with Crippen LogP contribution in [0.3, 0.4) is 0 Å². The van der Waals surface area contributed by atoms with Crippen molar-refractivity contribution in [1.29, 1.82) is 0 Å². The summed E-state index contributed by atoms with van der Waals surface area (Å²) in [4.78, 5) is 10.8. The Balaban J connectivity index is 0. The maximum absolute atomic E-state index is 11.5. The van der Waals surface area contributed by atoms with Crippen molar-refractivity contribution in [2.24, 2.45) is 5.41 Å². The van der Waals surface area contributed by atoms with Gasteiger partial charge in [-0.1, -0.05) is 0 Å². The molecule has 0 rings (SSSR count). The van der Waals surface area contributed by atoms with Crippen LogP contribution in [0.1, 0.15) is 20.8 Å². The number of hydrogen-bond acceptors (Lipinski definition) is 4. The molecule has 0 amide bonds. The smallest absolute Gasteiger partial charge is 0.394 e. The van der Waals surface area contributed by atoms with Gasteiger partial charge in [-0.2, -0.15) is 8.42 Å². The number of ether oxygens (including phenoxy) is 1. The summed E-state index contributed by atoms with van der Waals surface area (Å²) in [6.45, 7) is 4.03. The van der Waals surface area contributed by atoms with E-state index < -0.39 is 34.8 Å². The second-order valence-electron chi connectivity index (χ2n) is 3.69. The van der Waals surface area contributed by atoms with Crippen LogP contribution in [0.25, 0.3) is 0 Å². The molecule has 6 nitrogen and oxygen atoms in total. The highest BCUT2D eigenvalue weighted by Gasteiger charge is 2.23. The molecule has 0 aromatic rings.